The Morgan fingerprint density at radius 3 is 2.15 bits per heavy atom. The van der Waals surface area contributed by atoms with Crippen LogP contribution in [0.5, 0.6) is 0 Å². The highest BCUT2D eigenvalue weighted by Gasteiger charge is 2.39. The molecule has 1 aliphatic carbocycles. The first kappa shape index (κ1) is 29.4. The lowest BCUT2D eigenvalue weighted by atomic mass is 9.89. The fraction of sp³-hybridized carbons (Fsp3) is 0.379. The average molecular weight is 576 g/mol. The van der Waals surface area contributed by atoms with E-state index < -0.39 is 22.1 Å². The highest BCUT2D eigenvalue weighted by atomic mass is 32.2. The normalized spacial score (nSPS) is 14.7. The van der Waals surface area contributed by atoms with Crippen LogP contribution in [0.4, 0.5) is 13.2 Å². The van der Waals surface area contributed by atoms with Crippen LogP contribution < -0.4 is 11.1 Å². The molecule has 1 aromatic carbocycles. The smallest absolute Gasteiger partial charge is 0.326 e. The number of aromatic amines is 1. The number of rotatable bonds is 4. The Kier molecular flexibility index (Phi) is 8.44. The van der Waals surface area contributed by atoms with E-state index in [0.717, 1.165) is 24.8 Å². The predicted octanol–water partition coefficient (Wildman–Crippen LogP) is 6.16. The number of fused-ring (bicyclic) bond motifs is 1. The number of aryl methyl sites for hydroxylation is 3. The number of alkyl halides is 3. The molecule has 0 aliphatic heterocycles. The Balaban J connectivity index is 0.000000312. The molecule has 1 fully saturated rings. The van der Waals surface area contributed by atoms with Crippen molar-refractivity contribution in [3.63, 3.8) is 0 Å². The molecule has 1 saturated carbocycles. The van der Waals surface area contributed by atoms with E-state index in [-0.39, 0.29) is 16.0 Å². The van der Waals surface area contributed by atoms with Gasteiger partial charge in [0.2, 0.25) is 5.56 Å². The molecule has 7 nitrogen and oxygen atoms in total. The van der Waals surface area contributed by atoms with Crippen LogP contribution in [0, 0.1) is 19.8 Å². The molecule has 5 rings (SSSR count). The largest absolute Gasteiger partial charge is 0.391 e. The highest BCUT2D eigenvalue weighted by Crippen LogP contribution is 2.37. The molecule has 0 amide bonds. The fourth-order valence-electron chi connectivity index (χ4n) is 5.09. The zero-order chi connectivity index (χ0) is 29.2. The lowest BCUT2D eigenvalue weighted by Crippen LogP contribution is -2.24. The van der Waals surface area contributed by atoms with E-state index in [1.54, 1.807) is 37.3 Å². The summed E-state index contributed by atoms with van der Waals surface area (Å²) >= 11 is 0. The number of pyridine rings is 2. The Morgan fingerprint density at radius 1 is 0.950 bits per heavy atom. The van der Waals surface area contributed by atoms with Gasteiger partial charge in [-0.1, -0.05) is 37.0 Å². The van der Waals surface area contributed by atoms with Crippen molar-refractivity contribution in [3.8, 4) is 11.1 Å². The maximum Gasteiger partial charge on any atom is 0.391 e. The minimum absolute atomic E-state index is 0.146. The van der Waals surface area contributed by atoms with Gasteiger partial charge in [0.05, 0.1) is 21.8 Å². The van der Waals surface area contributed by atoms with Crippen LogP contribution in [0.1, 0.15) is 50.3 Å². The van der Waals surface area contributed by atoms with Crippen LogP contribution >= 0.6 is 0 Å². The molecule has 11 heteroatoms. The topological polar surface area (TPSA) is 93.9 Å². The highest BCUT2D eigenvalue weighted by molar-refractivity contribution is 7.90. The van der Waals surface area contributed by atoms with Crippen molar-refractivity contribution in [2.24, 2.45) is 5.92 Å². The van der Waals surface area contributed by atoms with Gasteiger partial charge in [-0.25, -0.2) is 12.4 Å². The summed E-state index contributed by atoms with van der Waals surface area (Å²) in [6, 6.07) is 12.6. The van der Waals surface area contributed by atoms with E-state index in [2.05, 4.69) is 4.98 Å². The second-order valence-electron chi connectivity index (χ2n) is 10.1. The third-order valence-corrected chi connectivity index (χ3v) is 8.84. The van der Waals surface area contributed by atoms with Gasteiger partial charge >= 0.3 is 6.18 Å². The molecular formula is C29H32F3N3O4S. The van der Waals surface area contributed by atoms with Crippen molar-refractivity contribution in [1.82, 2.24) is 13.5 Å². The summed E-state index contributed by atoms with van der Waals surface area (Å²) in [6.45, 7) is 5.81. The van der Waals surface area contributed by atoms with Crippen LogP contribution in [0.3, 0.4) is 0 Å². The molecule has 0 radical (unpaired) electrons. The summed E-state index contributed by atoms with van der Waals surface area (Å²) < 4.78 is 65.4. The van der Waals surface area contributed by atoms with Gasteiger partial charge < -0.3 is 9.55 Å². The van der Waals surface area contributed by atoms with Crippen LogP contribution in [-0.4, -0.2) is 28.1 Å². The van der Waals surface area contributed by atoms with E-state index in [9.17, 15) is 31.2 Å². The van der Waals surface area contributed by atoms with Crippen LogP contribution in [0.2, 0.25) is 0 Å². The fourth-order valence-corrected chi connectivity index (χ4v) is 6.45. The Labute approximate surface area is 230 Å². The summed E-state index contributed by atoms with van der Waals surface area (Å²) in [5, 5.41) is 0. The molecule has 1 aliphatic rings. The second-order valence-corrected chi connectivity index (χ2v) is 11.9. The van der Waals surface area contributed by atoms with Crippen molar-refractivity contribution < 1.29 is 21.6 Å². The molecule has 0 atom stereocenters. The number of aromatic nitrogens is 3. The number of hydrogen-bond acceptors (Lipinski definition) is 4. The third kappa shape index (κ3) is 6.09. The van der Waals surface area contributed by atoms with E-state index >= 15 is 0 Å². The molecule has 0 spiro atoms. The van der Waals surface area contributed by atoms with E-state index in [0.29, 0.717) is 47.2 Å². The Bertz CT molecular complexity index is 1730. The van der Waals surface area contributed by atoms with Crippen LogP contribution in [-0.2, 0) is 16.6 Å². The Hall–Kier alpha value is -3.60. The van der Waals surface area contributed by atoms with Gasteiger partial charge in [-0.2, -0.15) is 13.2 Å². The molecule has 0 unspecified atom stereocenters. The van der Waals surface area contributed by atoms with Crippen LogP contribution in [0.25, 0.3) is 22.2 Å². The molecular weight excluding hydrogens is 543 g/mol. The molecule has 0 saturated heterocycles. The van der Waals surface area contributed by atoms with Gasteiger partial charge in [0, 0.05) is 36.1 Å². The van der Waals surface area contributed by atoms with E-state index in [1.807, 2.05) is 13.8 Å². The summed E-state index contributed by atoms with van der Waals surface area (Å²) in [5.74, 6) is -0.999. The maximum atomic E-state index is 13.4. The standard InChI is InChI=1S/C22H21N3O4S.C7H11F3/c1-4-24-21(27)10-9-19-22(24)18(16-11-15(3)23-20(26)12-16)13-25(19)30(28,29)17-7-5-14(2)6-8-17;8-7(9,10)6-4-2-1-3-5-6/h5-13H,4H2,1-3H3,(H,23,26);6H,1-5H2. The maximum absolute atomic E-state index is 13.4. The van der Waals surface area contributed by atoms with Crippen molar-refractivity contribution in [2.45, 2.75) is 70.5 Å². The zero-order valence-corrected chi connectivity index (χ0v) is 23.4. The first-order valence-corrected chi connectivity index (χ1v) is 14.6. The zero-order valence-electron chi connectivity index (χ0n) is 22.6. The molecule has 214 valence electrons. The molecule has 3 aromatic heterocycles. The van der Waals surface area contributed by atoms with Gasteiger partial charge in [0.25, 0.3) is 15.6 Å². The first-order valence-electron chi connectivity index (χ1n) is 13.2. The van der Waals surface area contributed by atoms with E-state index in [1.165, 1.54) is 32.9 Å². The van der Waals surface area contributed by atoms with Crippen molar-refractivity contribution >= 4 is 21.1 Å². The van der Waals surface area contributed by atoms with Gasteiger partial charge in [-0.15, -0.1) is 0 Å². The van der Waals surface area contributed by atoms with Crippen molar-refractivity contribution in [3.05, 3.63) is 86.7 Å². The number of halogens is 3. The van der Waals surface area contributed by atoms with Gasteiger partial charge in [-0.05, 0) is 63.4 Å². The van der Waals surface area contributed by atoms with E-state index in [4.69, 9.17) is 0 Å². The molecule has 4 aromatic rings. The quantitative estimate of drug-likeness (QED) is 0.315. The minimum Gasteiger partial charge on any atom is -0.326 e. The van der Waals surface area contributed by atoms with Gasteiger partial charge in [0.15, 0.2) is 0 Å². The number of nitrogens with one attached hydrogen (secondary N) is 1. The lowest BCUT2D eigenvalue weighted by molar-refractivity contribution is -0.181. The number of nitrogens with zero attached hydrogens (tertiary/aromatic N) is 2. The average Bonchev–Trinajstić information content (AvgIpc) is 3.29. The van der Waals surface area contributed by atoms with Gasteiger partial charge in [-0.3, -0.25) is 9.59 Å². The summed E-state index contributed by atoms with van der Waals surface area (Å²) in [4.78, 5) is 27.4. The molecule has 40 heavy (non-hydrogen) atoms. The lowest BCUT2D eigenvalue weighted by Gasteiger charge is -2.23. The number of benzene rings is 1. The van der Waals surface area contributed by atoms with Crippen molar-refractivity contribution in [2.75, 3.05) is 0 Å². The minimum atomic E-state index is -3.93. The number of H-pyrrole nitrogens is 1. The van der Waals surface area contributed by atoms with Crippen LogP contribution in [0.15, 0.2) is 69.2 Å². The Morgan fingerprint density at radius 2 is 1.60 bits per heavy atom. The third-order valence-electron chi connectivity index (χ3n) is 7.15. The summed E-state index contributed by atoms with van der Waals surface area (Å²) in [7, 11) is -3.91. The predicted molar refractivity (Wildman–Crippen MR) is 149 cm³/mol. The van der Waals surface area contributed by atoms with Gasteiger partial charge in [0.1, 0.15) is 0 Å². The number of hydrogen-bond donors (Lipinski definition) is 1. The first-order chi connectivity index (χ1) is 18.8. The molecule has 1 N–H and O–H groups in total. The van der Waals surface area contributed by atoms with Crippen molar-refractivity contribution in [1.29, 1.82) is 0 Å². The summed E-state index contributed by atoms with van der Waals surface area (Å²) in [5.41, 5.74) is 2.97. The molecule has 3 heterocycles. The molecule has 0 bridgehead atoms. The SMILES string of the molecule is CCn1c(=O)ccc2c1c(-c1cc(C)[nH]c(=O)c1)cn2S(=O)(=O)c1ccc(C)cc1.FC(F)(F)C1CCCCC1. The summed E-state index contributed by atoms with van der Waals surface area (Å²) in [6.07, 6.45) is 0.744. The monoisotopic (exact) mass is 575 g/mol. The second kappa shape index (κ2) is 11.5.